The van der Waals surface area contributed by atoms with E-state index in [0.29, 0.717) is 5.56 Å². The summed E-state index contributed by atoms with van der Waals surface area (Å²) < 4.78 is 37.9. The number of nitrogens with zero attached hydrogens (tertiary/aromatic N) is 2. The number of sulfone groups is 1. The second kappa shape index (κ2) is 11.4. The predicted octanol–water partition coefficient (Wildman–Crippen LogP) is -1.31. The van der Waals surface area contributed by atoms with Gasteiger partial charge in [-0.05, 0) is 45.4 Å². The second-order valence-electron chi connectivity index (χ2n) is 12.2. The molecular weight excluding hydrogens is 652 g/mol. The largest absolute Gasteiger partial charge is 0.516 e. The van der Waals surface area contributed by atoms with E-state index in [0.717, 1.165) is 4.90 Å². The number of esters is 1. The van der Waals surface area contributed by atoms with E-state index >= 15 is 0 Å². The molecule has 0 aliphatic carbocycles. The second-order valence-corrected chi connectivity index (χ2v) is 16.6. The molecule has 5 rings (SSSR count). The maximum absolute atomic E-state index is 12.9. The average Bonchev–Trinajstić information content (AvgIpc) is 3.31. The van der Waals surface area contributed by atoms with Crippen molar-refractivity contribution in [3.63, 3.8) is 0 Å². The Balaban J connectivity index is 1.10. The Kier molecular flexibility index (Phi) is 8.28. The number of amides is 3. The van der Waals surface area contributed by atoms with Crippen LogP contribution in [-0.2, 0) is 43.3 Å². The summed E-state index contributed by atoms with van der Waals surface area (Å²) in [4.78, 5) is 76.5. The minimum atomic E-state index is -4.03. The summed E-state index contributed by atoms with van der Waals surface area (Å²) in [6.45, 7) is 4.29. The van der Waals surface area contributed by atoms with Gasteiger partial charge in [0.1, 0.15) is 40.7 Å². The first-order valence-electron chi connectivity index (χ1n) is 13.9. The van der Waals surface area contributed by atoms with Gasteiger partial charge in [-0.1, -0.05) is 12.1 Å². The highest BCUT2D eigenvalue weighted by molar-refractivity contribution is 8.01. The van der Waals surface area contributed by atoms with Crippen molar-refractivity contribution in [3.05, 3.63) is 29.8 Å². The van der Waals surface area contributed by atoms with Gasteiger partial charge in [-0.3, -0.25) is 14.4 Å². The van der Waals surface area contributed by atoms with E-state index in [-0.39, 0.29) is 5.75 Å². The first-order valence-corrected chi connectivity index (χ1v) is 16.4. The lowest BCUT2D eigenvalue weighted by Crippen LogP contribution is -2.71. The fourth-order valence-electron chi connectivity index (χ4n) is 6.18. The third-order valence-electron chi connectivity index (χ3n) is 8.67. The third kappa shape index (κ3) is 5.05. The zero-order chi connectivity index (χ0) is 34.1. The van der Waals surface area contributed by atoms with E-state index in [1.54, 1.807) is 13.8 Å². The van der Waals surface area contributed by atoms with Gasteiger partial charge < -0.3 is 45.3 Å². The van der Waals surface area contributed by atoms with E-state index < -0.39 is 109 Å². The number of nitrogens with two attached hydrogens (primary N) is 1. The number of carbonyl (C=O) groups excluding carboxylic acids is 5. The van der Waals surface area contributed by atoms with E-state index in [2.05, 4.69) is 5.32 Å². The van der Waals surface area contributed by atoms with Crippen molar-refractivity contribution >= 4 is 57.4 Å². The lowest BCUT2D eigenvalue weighted by Gasteiger charge is -2.43. The molecule has 1 aromatic carbocycles. The number of thioether (sulfide) groups is 1. The minimum Gasteiger partial charge on any atom is -0.480 e. The van der Waals surface area contributed by atoms with Crippen molar-refractivity contribution in [2.24, 2.45) is 11.7 Å². The van der Waals surface area contributed by atoms with Crippen molar-refractivity contribution in [1.82, 2.24) is 15.1 Å². The van der Waals surface area contributed by atoms with E-state index in [1.165, 1.54) is 54.8 Å². The smallest absolute Gasteiger partial charge is 0.480 e. The molecule has 1 aromatic rings. The van der Waals surface area contributed by atoms with Crippen LogP contribution in [0.2, 0.25) is 0 Å². The quantitative estimate of drug-likeness (QED) is 0.102. The van der Waals surface area contributed by atoms with Crippen molar-refractivity contribution in [3.8, 4) is 5.75 Å². The highest BCUT2D eigenvalue weighted by atomic mass is 32.2. The summed E-state index contributed by atoms with van der Waals surface area (Å²) in [7, 11) is -4.03. The molecule has 3 amide bonds. The molecule has 5 N–H and O–H groups in total. The number of fused-ring (bicyclic) bond motifs is 2. The van der Waals surface area contributed by atoms with Gasteiger partial charge in [0.15, 0.2) is 9.84 Å². The van der Waals surface area contributed by atoms with Crippen LogP contribution in [0.25, 0.3) is 0 Å². The van der Waals surface area contributed by atoms with Crippen molar-refractivity contribution < 1.29 is 61.6 Å². The summed E-state index contributed by atoms with van der Waals surface area (Å²) >= 11 is 1.27. The van der Waals surface area contributed by atoms with Crippen LogP contribution < -0.4 is 15.8 Å². The molecule has 4 heterocycles. The summed E-state index contributed by atoms with van der Waals surface area (Å²) in [5, 5.41) is 19.6. The van der Waals surface area contributed by atoms with Gasteiger partial charge >= 0.3 is 18.1 Å². The number of benzene rings is 1. The topological polar surface area (TPSA) is 249 Å². The molecule has 17 nitrogen and oxygen atoms in total. The van der Waals surface area contributed by atoms with Gasteiger partial charge in [0, 0.05) is 4.75 Å². The van der Waals surface area contributed by atoms with Gasteiger partial charge in [0.05, 0.1) is 17.3 Å². The lowest BCUT2D eigenvalue weighted by atomic mass is 9.92. The number of aliphatic carboxylic acids is 1. The summed E-state index contributed by atoms with van der Waals surface area (Å²) in [5.41, 5.74) is 6.36. The number of β-lactam (4-membered cyclic amide) rings is 2. The molecule has 19 heteroatoms. The van der Waals surface area contributed by atoms with Crippen LogP contribution in [0.1, 0.15) is 39.3 Å². The fourth-order valence-corrected chi connectivity index (χ4v) is 10.1. The normalized spacial score (nSPS) is 30.2. The van der Waals surface area contributed by atoms with Crippen LogP contribution in [-0.4, -0.2) is 116 Å². The molecule has 4 aliphatic heterocycles. The summed E-state index contributed by atoms with van der Waals surface area (Å²) in [6, 6.07) is 0.685. The molecule has 2 unspecified atom stereocenters. The number of ether oxygens (including phenoxy) is 3. The van der Waals surface area contributed by atoms with Crippen LogP contribution in [0.3, 0.4) is 0 Å². The molecule has 0 spiro atoms. The number of aliphatic hydroxyl groups excluding tert-OH is 1. The Morgan fingerprint density at radius 1 is 1.02 bits per heavy atom. The molecule has 0 radical (unpaired) electrons. The van der Waals surface area contributed by atoms with Gasteiger partial charge in [-0.2, -0.15) is 0 Å². The summed E-state index contributed by atoms with van der Waals surface area (Å²) in [6.07, 6.45) is -1.29. The molecule has 7 atom stereocenters. The van der Waals surface area contributed by atoms with E-state index in [9.17, 15) is 47.4 Å². The van der Waals surface area contributed by atoms with Crippen LogP contribution in [0.4, 0.5) is 4.79 Å². The molecule has 4 fully saturated rings. The number of nitrogens with one attached hydrogen (secondary N) is 1. The molecular formula is C27H32N4O13S2. The molecule has 0 bridgehead atoms. The zero-order valence-corrected chi connectivity index (χ0v) is 26.6. The molecule has 250 valence electrons. The maximum atomic E-state index is 12.9. The van der Waals surface area contributed by atoms with Crippen molar-refractivity contribution in [1.29, 1.82) is 0 Å². The van der Waals surface area contributed by atoms with Gasteiger partial charge in [0.25, 0.3) is 0 Å². The SMILES string of the molecule is CC1(C)S[C@@H]2C(NC(=O)C(N)c3ccc(OC(=O)OCOC(=O)[C@@H]4N5C(=O)[C@@H](CO)[C@H]5S(=O)(=O)C4(C)C)cc3)C(=O)N2[C@H]1C(=O)O. The Morgan fingerprint density at radius 3 is 2.24 bits per heavy atom. The zero-order valence-electron chi connectivity index (χ0n) is 24.9. The number of hydrogen-bond acceptors (Lipinski definition) is 14. The number of carboxylic acids is 1. The first-order chi connectivity index (χ1) is 21.4. The third-order valence-corrected chi connectivity index (χ3v) is 13.1. The molecule has 46 heavy (non-hydrogen) atoms. The Labute approximate surface area is 266 Å². The summed E-state index contributed by atoms with van der Waals surface area (Å²) in [5.74, 6) is -5.37. The molecule has 4 saturated heterocycles. The number of carbonyl (C=O) groups is 6. The van der Waals surface area contributed by atoms with Gasteiger partial charge in [-0.25, -0.2) is 22.8 Å². The van der Waals surface area contributed by atoms with Crippen molar-refractivity contribution in [2.75, 3.05) is 13.4 Å². The highest BCUT2D eigenvalue weighted by Crippen LogP contribution is 2.51. The lowest BCUT2D eigenvalue weighted by molar-refractivity contribution is -0.173. The Morgan fingerprint density at radius 2 is 1.65 bits per heavy atom. The highest BCUT2D eigenvalue weighted by Gasteiger charge is 2.72. The first kappa shape index (κ1) is 33.4. The van der Waals surface area contributed by atoms with Gasteiger partial charge in [-0.15, -0.1) is 11.8 Å². The van der Waals surface area contributed by atoms with Crippen LogP contribution in [0.15, 0.2) is 24.3 Å². The predicted molar refractivity (Wildman–Crippen MR) is 155 cm³/mol. The number of carboxylic acid groups (broad SMARTS) is 1. The molecule has 4 aliphatic rings. The van der Waals surface area contributed by atoms with E-state index in [1.807, 2.05) is 0 Å². The number of hydrogen-bond donors (Lipinski definition) is 4. The van der Waals surface area contributed by atoms with E-state index in [4.69, 9.17) is 19.9 Å². The number of rotatable bonds is 9. The fraction of sp³-hybridized carbons (Fsp3) is 0.556. The van der Waals surface area contributed by atoms with Crippen LogP contribution in [0.5, 0.6) is 5.75 Å². The number of aliphatic hydroxyl groups is 1. The van der Waals surface area contributed by atoms with Crippen LogP contribution in [0, 0.1) is 5.92 Å². The Hall–Kier alpha value is -3.94. The molecule has 0 aromatic heterocycles. The minimum absolute atomic E-state index is 0.0334. The molecule has 0 saturated carbocycles. The monoisotopic (exact) mass is 684 g/mol. The average molecular weight is 685 g/mol. The Bertz CT molecular complexity index is 1610. The van der Waals surface area contributed by atoms with Crippen molar-refractivity contribution in [2.45, 2.75) is 72.1 Å². The standard InChI is InChI=1S/C27H32N4O13S2/c1-26(2)16(23(36)37)30-20(35)15(21(30)45-26)29-18(33)14(28)11-5-7-12(8-6-11)44-25(39)43-10-42-24(38)17-27(3,4)46(40,41)22-13(9-32)19(34)31(17)22/h5-8,13-17,21-22,32H,9-10,28H2,1-4H3,(H,29,33)(H,36,37)/t13-,14?,15?,16+,17+,21-,22-/m1/s1. The maximum Gasteiger partial charge on any atom is 0.516 e. The van der Waals surface area contributed by atoms with Crippen LogP contribution >= 0.6 is 11.8 Å². The van der Waals surface area contributed by atoms with Gasteiger partial charge in [0.2, 0.25) is 24.5 Å².